The van der Waals surface area contributed by atoms with Gasteiger partial charge in [0, 0.05) is 11.6 Å². The summed E-state index contributed by atoms with van der Waals surface area (Å²) in [5.74, 6) is -1.57. The molecule has 0 amide bonds. The number of aryl methyl sites for hydroxylation is 1. The summed E-state index contributed by atoms with van der Waals surface area (Å²) in [6.45, 7) is 1.33. The van der Waals surface area contributed by atoms with Gasteiger partial charge < -0.3 is 5.73 Å². The number of Topliss-reactive ketones (excluding diaryl/α,β-unsaturated/α-hetero) is 1. The van der Waals surface area contributed by atoms with Gasteiger partial charge in [-0.05, 0) is 25.3 Å². The minimum atomic E-state index is -0.883. The predicted octanol–water partition coefficient (Wildman–Crippen LogP) is 0.462. The summed E-state index contributed by atoms with van der Waals surface area (Å²) in [4.78, 5) is 51.3. The van der Waals surface area contributed by atoms with Gasteiger partial charge in [-0.1, -0.05) is 29.4 Å². The largest absolute Gasteiger partial charge is 0.442 e. The number of carbonyl (C=O) groups excluding carboxylic acids is 1. The van der Waals surface area contributed by atoms with Crippen LogP contribution in [0.4, 0.5) is 5.82 Å². The van der Waals surface area contributed by atoms with Crippen LogP contribution in [-0.4, -0.2) is 25.1 Å². The Bertz CT molecular complexity index is 1260. The maximum Gasteiger partial charge on any atom is 0.442 e. The van der Waals surface area contributed by atoms with Crippen molar-refractivity contribution in [1.82, 2.24) is 19.3 Å². The van der Waals surface area contributed by atoms with Crippen molar-refractivity contribution in [3.8, 4) is 11.4 Å². The summed E-state index contributed by atoms with van der Waals surface area (Å²) >= 11 is 0. The van der Waals surface area contributed by atoms with Crippen molar-refractivity contribution in [1.29, 1.82) is 0 Å². The second-order valence-corrected chi connectivity index (χ2v) is 6.72. The highest BCUT2D eigenvalue weighted by Crippen LogP contribution is 2.35. The molecule has 1 aromatic carbocycles. The minimum absolute atomic E-state index is 0.128. The molecule has 3 N–H and O–H groups in total. The number of hydrogen-bond donors (Lipinski definition) is 2. The van der Waals surface area contributed by atoms with Gasteiger partial charge in [0.05, 0.1) is 6.54 Å². The Hall–Kier alpha value is -3.69. The Morgan fingerprint density at radius 1 is 1.29 bits per heavy atom. The van der Waals surface area contributed by atoms with Gasteiger partial charge >= 0.3 is 11.4 Å². The number of hydrogen-bond acceptors (Lipinski definition) is 7. The molecule has 10 nitrogen and oxygen atoms in total. The van der Waals surface area contributed by atoms with E-state index in [1.165, 1.54) is 4.57 Å². The summed E-state index contributed by atoms with van der Waals surface area (Å²) in [5.41, 5.74) is 5.53. The molecule has 1 saturated carbocycles. The van der Waals surface area contributed by atoms with E-state index in [1.807, 2.05) is 19.1 Å². The average molecular weight is 383 g/mol. The molecule has 3 aromatic rings. The number of nitrogens with two attached hydrogens (primary N) is 1. The third-order valence-corrected chi connectivity index (χ3v) is 4.75. The first kappa shape index (κ1) is 17.7. The Kier molecular flexibility index (Phi) is 4.10. The second-order valence-electron chi connectivity index (χ2n) is 6.72. The number of nitrogens with zero attached hydrogens (tertiary/aromatic N) is 3. The lowest BCUT2D eigenvalue weighted by Gasteiger charge is -2.11. The molecule has 1 aliphatic rings. The van der Waals surface area contributed by atoms with Gasteiger partial charge in [0.1, 0.15) is 11.4 Å². The maximum atomic E-state index is 12.8. The van der Waals surface area contributed by atoms with E-state index < -0.39 is 29.3 Å². The number of H-pyrrole nitrogens is 1. The highest BCUT2D eigenvalue weighted by atomic mass is 16.5. The second kappa shape index (κ2) is 6.48. The molecule has 0 unspecified atom stereocenters. The molecular formula is C18H17N5O5. The highest BCUT2D eigenvalue weighted by molar-refractivity contribution is 5.99. The van der Waals surface area contributed by atoms with Crippen molar-refractivity contribution < 1.29 is 9.32 Å². The molecule has 0 atom stereocenters. The van der Waals surface area contributed by atoms with Gasteiger partial charge in [-0.25, -0.2) is 14.2 Å². The quantitative estimate of drug-likeness (QED) is 0.609. The fourth-order valence-electron chi connectivity index (χ4n) is 3.18. The number of nitrogens with one attached hydrogen (secondary N) is 1. The molecular weight excluding hydrogens is 366 g/mol. The molecule has 4 rings (SSSR count). The van der Waals surface area contributed by atoms with Gasteiger partial charge in [-0.3, -0.25) is 23.7 Å². The summed E-state index contributed by atoms with van der Waals surface area (Å²) in [6.07, 6.45) is 1.48. The Balaban J connectivity index is 1.77. The number of ketones is 1. The smallest absolute Gasteiger partial charge is 0.384 e. The Morgan fingerprint density at radius 3 is 2.68 bits per heavy atom. The van der Waals surface area contributed by atoms with Gasteiger partial charge in [0.15, 0.2) is 11.6 Å². The van der Waals surface area contributed by atoms with E-state index in [-0.39, 0.29) is 23.2 Å². The summed E-state index contributed by atoms with van der Waals surface area (Å²) < 4.78 is 6.98. The lowest BCUT2D eigenvalue weighted by molar-refractivity contribution is 0.0968. The number of aromatic amines is 1. The molecule has 0 radical (unpaired) electrons. The SMILES string of the molecule is Cc1ccccc1-c1noc(=O)n1CC(=O)c1c(N)n(C2CC2)c(=O)[nH]c1=O. The molecule has 0 aliphatic heterocycles. The van der Waals surface area contributed by atoms with Crippen LogP contribution in [0.5, 0.6) is 0 Å². The van der Waals surface area contributed by atoms with Crippen LogP contribution in [0, 0.1) is 6.92 Å². The van der Waals surface area contributed by atoms with Crippen molar-refractivity contribution >= 4 is 11.6 Å². The van der Waals surface area contributed by atoms with E-state index in [9.17, 15) is 19.2 Å². The highest BCUT2D eigenvalue weighted by Gasteiger charge is 2.30. The normalized spacial score (nSPS) is 13.6. The Labute approximate surface area is 157 Å². The molecule has 0 spiro atoms. The van der Waals surface area contributed by atoms with Gasteiger partial charge in [-0.2, -0.15) is 0 Å². The number of nitrogen functional groups attached to an aromatic ring is 1. The summed E-state index contributed by atoms with van der Waals surface area (Å²) in [5, 5.41) is 3.76. The standard InChI is InChI=1S/C18H17N5O5/c1-9-4-2-3-5-11(9)15-21-28-18(27)22(15)8-12(24)13-14(19)23(10-6-7-10)17(26)20-16(13)25/h2-5,10H,6-8,19H2,1H3,(H,20,25,26). The number of anilines is 1. The van der Waals surface area contributed by atoms with Crippen LogP contribution in [0.15, 0.2) is 43.2 Å². The fourth-order valence-corrected chi connectivity index (χ4v) is 3.18. The van der Waals surface area contributed by atoms with Crippen molar-refractivity contribution in [2.45, 2.75) is 32.4 Å². The third-order valence-electron chi connectivity index (χ3n) is 4.75. The molecule has 0 bridgehead atoms. The number of rotatable bonds is 5. The number of aromatic nitrogens is 4. The van der Waals surface area contributed by atoms with Crippen LogP contribution in [-0.2, 0) is 6.54 Å². The summed E-state index contributed by atoms with van der Waals surface area (Å²) in [7, 11) is 0. The van der Waals surface area contributed by atoms with Crippen molar-refractivity contribution in [3.05, 3.63) is 66.8 Å². The number of benzene rings is 1. The summed E-state index contributed by atoms with van der Waals surface area (Å²) in [6, 6.07) is 7.03. The topological polar surface area (TPSA) is 146 Å². The molecule has 10 heteroatoms. The van der Waals surface area contributed by atoms with Crippen LogP contribution < -0.4 is 22.7 Å². The average Bonchev–Trinajstić information content (AvgIpc) is 3.40. The van der Waals surface area contributed by atoms with Crippen LogP contribution in [0.25, 0.3) is 11.4 Å². The van der Waals surface area contributed by atoms with Crippen molar-refractivity contribution in [2.24, 2.45) is 0 Å². The van der Waals surface area contributed by atoms with Gasteiger partial charge in [0.2, 0.25) is 0 Å². The van der Waals surface area contributed by atoms with Crippen LogP contribution in [0.2, 0.25) is 0 Å². The lowest BCUT2D eigenvalue weighted by atomic mass is 10.1. The molecule has 2 heterocycles. The van der Waals surface area contributed by atoms with E-state index in [2.05, 4.69) is 10.1 Å². The van der Waals surface area contributed by atoms with Crippen LogP contribution >= 0.6 is 0 Å². The monoisotopic (exact) mass is 383 g/mol. The molecule has 144 valence electrons. The zero-order valence-electron chi connectivity index (χ0n) is 15.0. The van der Waals surface area contributed by atoms with E-state index in [0.717, 1.165) is 23.0 Å². The van der Waals surface area contributed by atoms with Crippen molar-refractivity contribution in [3.63, 3.8) is 0 Å². The Morgan fingerprint density at radius 2 is 2.00 bits per heavy atom. The van der Waals surface area contributed by atoms with E-state index in [0.29, 0.717) is 5.56 Å². The first-order valence-corrected chi connectivity index (χ1v) is 8.68. The predicted molar refractivity (Wildman–Crippen MR) is 99.3 cm³/mol. The molecule has 28 heavy (non-hydrogen) atoms. The lowest BCUT2D eigenvalue weighted by Crippen LogP contribution is -2.37. The first-order chi connectivity index (χ1) is 13.4. The van der Waals surface area contributed by atoms with Crippen LogP contribution in [0.1, 0.15) is 34.8 Å². The van der Waals surface area contributed by atoms with Gasteiger partial charge in [-0.15, -0.1) is 0 Å². The van der Waals surface area contributed by atoms with Crippen molar-refractivity contribution in [2.75, 3.05) is 5.73 Å². The van der Waals surface area contributed by atoms with E-state index >= 15 is 0 Å². The van der Waals surface area contributed by atoms with E-state index in [4.69, 9.17) is 10.3 Å². The maximum absolute atomic E-state index is 12.8. The molecule has 1 aliphatic carbocycles. The van der Waals surface area contributed by atoms with Gasteiger partial charge in [0.25, 0.3) is 5.56 Å². The minimum Gasteiger partial charge on any atom is -0.384 e. The van der Waals surface area contributed by atoms with Crippen LogP contribution in [0.3, 0.4) is 0 Å². The molecule has 2 aromatic heterocycles. The zero-order chi connectivity index (χ0) is 20.0. The number of carbonyl (C=O) groups is 1. The van der Waals surface area contributed by atoms with E-state index in [1.54, 1.807) is 12.1 Å². The zero-order valence-corrected chi connectivity index (χ0v) is 15.0. The molecule has 0 saturated heterocycles. The third kappa shape index (κ3) is 2.88. The molecule has 1 fully saturated rings. The first-order valence-electron chi connectivity index (χ1n) is 8.68. The fraction of sp³-hybridized carbons (Fsp3) is 0.278.